The first-order valence-electron chi connectivity index (χ1n) is 12.2. The maximum atomic E-state index is 14.3. The molecule has 10 heteroatoms. The monoisotopic (exact) mass is 517 g/mol. The standard InChI is InChI=1S/C26H29F6NO3/c1-15(33-12-10-17(11-13-33)24(34)35)18-3-2-16-4-9-22(23(21(16)14-18)26(30,31)32)36-20-7-5-19(6-8-20)25(27,28)29/h2-4,9,14-15,17,19-20H,5-8,10-13H2,1H3,(H,34,35)/t15?,19-,20+. The highest BCUT2D eigenvalue weighted by molar-refractivity contribution is 5.89. The van der Waals surface area contributed by atoms with Crippen LogP contribution in [0.4, 0.5) is 26.3 Å². The van der Waals surface area contributed by atoms with E-state index in [-0.39, 0.29) is 42.9 Å². The molecule has 1 aliphatic heterocycles. The summed E-state index contributed by atoms with van der Waals surface area (Å²) in [4.78, 5) is 13.3. The van der Waals surface area contributed by atoms with E-state index in [1.807, 2.05) is 6.92 Å². The minimum atomic E-state index is -4.72. The van der Waals surface area contributed by atoms with E-state index in [4.69, 9.17) is 4.74 Å². The largest absolute Gasteiger partial charge is 0.490 e. The van der Waals surface area contributed by atoms with E-state index >= 15 is 0 Å². The molecule has 1 unspecified atom stereocenters. The fraction of sp³-hybridized carbons (Fsp3) is 0.577. The van der Waals surface area contributed by atoms with Crippen molar-refractivity contribution in [1.29, 1.82) is 0 Å². The summed E-state index contributed by atoms with van der Waals surface area (Å²) >= 11 is 0. The van der Waals surface area contributed by atoms with Crippen LogP contribution in [0.5, 0.6) is 5.75 Å². The van der Waals surface area contributed by atoms with Crippen LogP contribution in [0.15, 0.2) is 30.3 Å². The minimum absolute atomic E-state index is 0.0197. The van der Waals surface area contributed by atoms with Gasteiger partial charge in [-0.2, -0.15) is 26.3 Å². The lowest BCUT2D eigenvalue weighted by molar-refractivity contribution is -0.185. The summed E-state index contributed by atoms with van der Waals surface area (Å²) in [6.07, 6.45) is -9.01. The topological polar surface area (TPSA) is 49.8 Å². The second-order valence-electron chi connectivity index (χ2n) is 9.87. The van der Waals surface area contributed by atoms with Crippen molar-refractivity contribution < 1.29 is 41.0 Å². The first-order valence-corrected chi connectivity index (χ1v) is 12.2. The molecular formula is C26H29F6NO3. The predicted octanol–water partition coefficient (Wildman–Crippen LogP) is 7.22. The number of rotatable bonds is 5. The number of aliphatic carboxylic acids is 1. The Morgan fingerprint density at radius 1 is 0.972 bits per heavy atom. The second-order valence-corrected chi connectivity index (χ2v) is 9.87. The smallest absolute Gasteiger partial charge is 0.420 e. The van der Waals surface area contributed by atoms with Crippen molar-refractivity contribution in [3.05, 3.63) is 41.5 Å². The van der Waals surface area contributed by atoms with Crippen molar-refractivity contribution >= 4 is 16.7 Å². The third-order valence-electron chi connectivity index (χ3n) is 7.63. The van der Waals surface area contributed by atoms with E-state index in [2.05, 4.69) is 4.90 Å². The number of alkyl halides is 6. The van der Waals surface area contributed by atoms with Crippen molar-refractivity contribution in [2.24, 2.45) is 11.8 Å². The fourth-order valence-electron chi connectivity index (χ4n) is 5.40. The van der Waals surface area contributed by atoms with Gasteiger partial charge in [-0.1, -0.05) is 18.2 Å². The van der Waals surface area contributed by atoms with Gasteiger partial charge in [0.2, 0.25) is 0 Å². The van der Waals surface area contributed by atoms with Crippen molar-refractivity contribution in [1.82, 2.24) is 4.90 Å². The number of nitrogens with zero attached hydrogens (tertiary/aromatic N) is 1. The molecule has 2 aromatic rings. The molecule has 0 amide bonds. The highest BCUT2D eigenvalue weighted by Gasteiger charge is 2.43. The van der Waals surface area contributed by atoms with Gasteiger partial charge in [-0.05, 0) is 87.0 Å². The number of hydrogen-bond donors (Lipinski definition) is 1. The zero-order valence-corrected chi connectivity index (χ0v) is 19.8. The van der Waals surface area contributed by atoms with Crippen LogP contribution < -0.4 is 4.74 Å². The molecule has 1 atom stereocenters. The van der Waals surface area contributed by atoms with E-state index in [1.54, 1.807) is 12.1 Å². The SMILES string of the molecule is CC(c1ccc2ccc(O[C@H]3CC[C@@H](C(F)(F)F)CC3)c(C(F)(F)F)c2c1)N1CCC(C(=O)O)CC1. The van der Waals surface area contributed by atoms with E-state index in [1.165, 1.54) is 18.2 Å². The van der Waals surface area contributed by atoms with Crippen molar-refractivity contribution in [2.45, 2.75) is 69.9 Å². The van der Waals surface area contributed by atoms with E-state index < -0.39 is 41.8 Å². The average Bonchev–Trinajstić information content (AvgIpc) is 2.82. The number of halogens is 6. The van der Waals surface area contributed by atoms with Crippen LogP contribution in [-0.2, 0) is 11.0 Å². The molecule has 1 saturated heterocycles. The molecule has 4 nitrogen and oxygen atoms in total. The molecule has 36 heavy (non-hydrogen) atoms. The summed E-state index contributed by atoms with van der Waals surface area (Å²) in [7, 11) is 0. The number of carboxylic acid groups (broad SMARTS) is 1. The van der Waals surface area contributed by atoms with Crippen LogP contribution in [0.1, 0.15) is 62.6 Å². The molecule has 0 radical (unpaired) electrons. The molecule has 1 heterocycles. The highest BCUT2D eigenvalue weighted by Crippen LogP contribution is 2.44. The quantitative estimate of drug-likeness (QED) is 0.426. The summed E-state index contributed by atoms with van der Waals surface area (Å²) in [6.45, 7) is 2.95. The number of carboxylic acids is 1. The lowest BCUT2D eigenvalue weighted by Crippen LogP contribution is -2.37. The third-order valence-corrected chi connectivity index (χ3v) is 7.63. The molecule has 2 aliphatic rings. The minimum Gasteiger partial charge on any atom is -0.490 e. The van der Waals surface area contributed by atoms with Crippen LogP contribution in [-0.4, -0.2) is 41.3 Å². The Hall–Kier alpha value is -2.49. The van der Waals surface area contributed by atoms with Gasteiger partial charge in [-0.3, -0.25) is 9.69 Å². The van der Waals surface area contributed by atoms with Gasteiger partial charge in [0.1, 0.15) is 11.3 Å². The molecule has 2 fully saturated rings. The predicted molar refractivity (Wildman–Crippen MR) is 122 cm³/mol. The number of benzene rings is 2. The fourth-order valence-corrected chi connectivity index (χ4v) is 5.40. The first kappa shape index (κ1) is 26.6. The van der Waals surface area contributed by atoms with Gasteiger partial charge in [0, 0.05) is 6.04 Å². The summed E-state index contributed by atoms with van der Waals surface area (Å²) < 4.78 is 87.4. The molecule has 0 spiro atoms. The van der Waals surface area contributed by atoms with E-state index in [0.29, 0.717) is 36.9 Å². The summed E-state index contributed by atoms with van der Waals surface area (Å²) in [6, 6.07) is 7.47. The van der Waals surface area contributed by atoms with Gasteiger partial charge >= 0.3 is 18.3 Å². The van der Waals surface area contributed by atoms with Crippen LogP contribution in [0.3, 0.4) is 0 Å². The summed E-state index contributed by atoms with van der Waals surface area (Å²) in [5.74, 6) is -3.05. The van der Waals surface area contributed by atoms with Gasteiger partial charge in [-0.25, -0.2) is 0 Å². The Labute approximate surface area is 205 Å². The number of ether oxygens (including phenoxy) is 1. The molecule has 198 valence electrons. The number of piperidine rings is 1. The number of likely N-dealkylation sites (tertiary alicyclic amines) is 1. The first-order chi connectivity index (χ1) is 16.8. The van der Waals surface area contributed by atoms with E-state index in [9.17, 15) is 36.2 Å². The maximum Gasteiger partial charge on any atom is 0.420 e. The Morgan fingerprint density at radius 2 is 1.58 bits per heavy atom. The van der Waals surface area contributed by atoms with Gasteiger partial charge in [0.05, 0.1) is 17.9 Å². The Morgan fingerprint density at radius 3 is 2.14 bits per heavy atom. The normalized spacial score (nSPS) is 23.5. The maximum absolute atomic E-state index is 14.3. The third kappa shape index (κ3) is 5.74. The van der Waals surface area contributed by atoms with Gasteiger partial charge in [0.25, 0.3) is 0 Å². The van der Waals surface area contributed by atoms with E-state index in [0.717, 1.165) is 0 Å². The van der Waals surface area contributed by atoms with Crippen LogP contribution in [0, 0.1) is 11.8 Å². The van der Waals surface area contributed by atoms with Gasteiger partial charge in [-0.15, -0.1) is 0 Å². The van der Waals surface area contributed by atoms with Crippen molar-refractivity contribution in [3.63, 3.8) is 0 Å². The molecular weight excluding hydrogens is 488 g/mol. The Kier molecular flexibility index (Phi) is 7.46. The molecule has 2 aromatic carbocycles. The Balaban J connectivity index is 1.59. The van der Waals surface area contributed by atoms with Crippen molar-refractivity contribution in [2.75, 3.05) is 13.1 Å². The highest BCUT2D eigenvalue weighted by atomic mass is 19.4. The molecule has 0 bridgehead atoms. The molecule has 1 aliphatic carbocycles. The molecule has 1 saturated carbocycles. The summed E-state index contributed by atoms with van der Waals surface area (Å²) in [5, 5.41) is 9.58. The zero-order chi connectivity index (χ0) is 26.3. The van der Waals surface area contributed by atoms with Crippen LogP contribution >= 0.6 is 0 Å². The number of hydrogen-bond acceptors (Lipinski definition) is 3. The average molecular weight is 518 g/mol. The Bertz CT molecular complexity index is 1080. The van der Waals surface area contributed by atoms with Gasteiger partial charge < -0.3 is 9.84 Å². The lowest BCUT2D eigenvalue weighted by atomic mass is 9.87. The zero-order valence-electron chi connectivity index (χ0n) is 19.8. The van der Waals surface area contributed by atoms with Crippen LogP contribution in [0.25, 0.3) is 10.8 Å². The number of fused-ring (bicyclic) bond motifs is 1. The lowest BCUT2D eigenvalue weighted by Gasteiger charge is -2.35. The van der Waals surface area contributed by atoms with Gasteiger partial charge in [0.15, 0.2) is 0 Å². The molecule has 0 aromatic heterocycles. The van der Waals surface area contributed by atoms with Crippen LogP contribution in [0.2, 0.25) is 0 Å². The summed E-state index contributed by atoms with van der Waals surface area (Å²) in [5.41, 5.74) is -0.249. The van der Waals surface area contributed by atoms with Crippen molar-refractivity contribution in [3.8, 4) is 5.75 Å². The number of carbonyl (C=O) groups is 1. The second kappa shape index (κ2) is 10.1. The molecule has 4 rings (SSSR count). The molecule has 1 N–H and O–H groups in total.